The Morgan fingerprint density at radius 1 is 1.33 bits per heavy atom. The van der Waals surface area contributed by atoms with E-state index in [4.69, 9.17) is 0 Å². The van der Waals surface area contributed by atoms with E-state index in [2.05, 4.69) is 4.74 Å². The fraction of sp³-hybridized carbons (Fsp3) is 0.889. The van der Waals surface area contributed by atoms with Gasteiger partial charge in [-0.1, -0.05) is 20.8 Å². The van der Waals surface area contributed by atoms with Gasteiger partial charge in [-0.15, -0.1) is 0 Å². The molecule has 0 heterocycles. The third-order valence-electron chi connectivity index (χ3n) is 2.33. The highest BCUT2D eigenvalue weighted by atomic mass is 16.5. The number of ether oxygens (including phenoxy) is 1. The van der Waals surface area contributed by atoms with E-state index in [1.54, 1.807) is 6.92 Å². The summed E-state index contributed by atoms with van der Waals surface area (Å²) in [7, 11) is 1.32. The molecule has 0 aliphatic rings. The molecule has 0 aromatic carbocycles. The van der Waals surface area contributed by atoms with Crippen LogP contribution in [0.3, 0.4) is 0 Å². The van der Waals surface area contributed by atoms with E-state index < -0.39 is 5.60 Å². The van der Waals surface area contributed by atoms with Crippen molar-refractivity contribution in [3.63, 3.8) is 0 Å². The van der Waals surface area contributed by atoms with Crippen molar-refractivity contribution in [2.75, 3.05) is 7.11 Å². The minimum Gasteiger partial charge on any atom is -0.469 e. The van der Waals surface area contributed by atoms with E-state index in [1.807, 2.05) is 20.8 Å². The second kappa shape index (κ2) is 3.44. The van der Waals surface area contributed by atoms with E-state index in [0.717, 1.165) is 0 Å². The topological polar surface area (TPSA) is 46.5 Å². The van der Waals surface area contributed by atoms with Gasteiger partial charge in [0.05, 0.1) is 19.1 Å². The first kappa shape index (κ1) is 11.4. The fourth-order valence-corrected chi connectivity index (χ4v) is 0.618. The van der Waals surface area contributed by atoms with E-state index in [9.17, 15) is 9.90 Å². The van der Waals surface area contributed by atoms with Crippen molar-refractivity contribution in [1.82, 2.24) is 0 Å². The number of aliphatic hydroxyl groups is 1. The highest BCUT2D eigenvalue weighted by molar-refractivity contribution is 5.70. The quantitative estimate of drug-likeness (QED) is 0.643. The van der Waals surface area contributed by atoms with E-state index in [-0.39, 0.29) is 17.8 Å². The molecule has 12 heavy (non-hydrogen) atoms. The molecule has 3 nitrogen and oxygen atoms in total. The first-order chi connectivity index (χ1) is 5.20. The molecule has 0 radical (unpaired) electrons. The number of methoxy groups -OCH3 is 1. The van der Waals surface area contributed by atoms with Crippen molar-refractivity contribution in [1.29, 1.82) is 0 Å². The molecular weight excluding hydrogens is 156 g/mol. The maximum Gasteiger partial charge on any atom is 0.308 e. The van der Waals surface area contributed by atoms with Crippen molar-refractivity contribution in [2.45, 2.75) is 39.7 Å². The molecule has 0 rings (SSSR count). The molecule has 0 amide bonds. The van der Waals surface area contributed by atoms with Gasteiger partial charge in [-0.2, -0.15) is 0 Å². The maximum atomic E-state index is 10.9. The Balaban J connectivity index is 4.33. The van der Waals surface area contributed by atoms with Crippen LogP contribution in [0, 0.1) is 5.41 Å². The molecule has 1 N–H and O–H groups in total. The van der Waals surface area contributed by atoms with Gasteiger partial charge < -0.3 is 9.84 Å². The number of carbonyl (C=O) groups excluding carboxylic acids is 1. The van der Waals surface area contributed by atoms with Crippen LogP contribution in [0.25, 0.3) is 0 Å². The third-order valence-corrected chi connectivity index (χ3v) is 2.33. The summed E-state index contributed by atoms with van der Waals surface area (Å²) in [6.45, 7) is 7.30. The molecule has 0 spiro atoms. The molecule has 0 bridgehead atoms. The number of hydrogen-bond donors (Lipinski definition) is 1. The average molecular weight is 174 g/mol. The smallest absolute Gasteiger partial charge is 0.308 e. The first-order valence-electron chi connectivity index (χ1n) is 4.00. The lowest BCUT2D eigenvalue weighted by Crippen LogP contribution is -2.41. The normalized spacial score (nSPS) is 16.8. The Bertz CT molecular complexity index is 165. The molecule has 0 unspecified atom stereocenters. The lowest BCUT2D eigenvalue weighted by molar-refractivity contribution is -0.150. The summed E-state index contributed by atoms with van der Waals surface area (Å²) in [4.78, 5) is 10.9. The fourth-order valence-electron chi connectivity index (χ4n) is 0.618. The van der Waals surface area contributed by atoms with Crippen LogP contribution in [0.1, 0.15) is 34.1 Å². The molecule has 1 atom stereocenters. The lowest BCUT2D eigenvalue weighted by atomic mass is 9.76. The number of esters is 1. The minimum atomic E-state index is -1.01. The van der Waals surface area contributed by atoms with Crippen LogP contribution >= 0.6 is 0 Å². The Labute approximate surface area is 73.7 Å². The van der Waals surface area contributed by atoms with Gasteiger partial charge in [0.15, 0.2) is 0 Å². The van der Waals surface area contributed by atoms with Gasteiger partial charge in [-0.05, 0) is 12.3 Å². The highest BCUT2D eigenvalue weighted by Gasteiger charge is 2.37. The van der Waals surface area contributed by atoms with Crippen molar-refractivity contribution in [3.8, 4) is 0 Å². The standard InChI is InChI=1S/C9H18O3/c1-8(2,3)9(4,11)6-7(10)12-5/h11H,6H2,1-5H3/t9-/m1/s1. The minimum absolute atomic E-state index is 0.0347. The molecule has 3 heteroatoms. The predicted molar refractivity (Wildman–Crippen MR) is 46.7 cm³/mol. The zero-order valence-electron chi connectivity index (χ0n) is 8.47. The van der Waals surface area contributed by atoms with E-state index in [0.29, 0.717) is 0 Å². The van der Waals surface area contributed by atoms with Gasteiger partial charge in [0, 0.05) is 0 Å². The van der Waals surface area contributed by atoms with Crippen molar-refractivity contribution in [3.05, 3.63) is 0 Å². The maximum absolute atomic E-state index is 10.9. The molecule has 72 valence electrons. The van der Waals surface area contributed by atoms with Crippen molar-refractivity contribution >= 4 is 5.97 Å². The van der Waals surface area contributed by atoms with Crippen LogP contribution in [0.4, 0.5) is 0 Å². The Hall–Kier alpha value is -0.570. The summed E-state index contributed by atoms with van der Waals surface area (Å²) in [6.07, 6.45) is 0.0347. The summed E-state index contributed by atoms with van der Waals surface area (Å²) in [5.74, 6) is -0.380. The third kappa shape index (κ3) is 2.81. The second-order valence-electron chi connectivity index (χ2n) is 4.28. The number of carbonyl (C=O) groups is 1. The lowest BCUT2D eigenvalue weighted by Gasteiger charge is -2.36. The summed E-state index contributed by atoms with van der Waals surface area (Å²) in [6, 6.07) is 0. The number of hydrogen-bond acceptors (Lipinski definition) is 3. The molecular formula is C9H18O3. The predicted octanol–water partition coefficient (Wildman–Crippen LogP) is 1.35. The second-order valence-corrected chi connectivity index (χ2v) is 4.28. The van der Waals surface area contributed by atoms with Gasteiger partial charge in [0.2, 0.25) is 0 Å². The Kier molecular flexibility index (Phi) is 3.27. The molecule has 0 aliphatic heterocycles. The van der Waals surface area contributed by atoms with E-state index >= 15 is 0 Å². The summed E-state index contributed by atoms with van der Waals surface area (Å²) < 4.78 is 4.48. The van der Waals surface area contributed by atoms with Crippen LogP contribution in [-0.2, 0) is 9.53 Å². The van der Waals surface area contributed by atoms with Crippen LogP contribution in [0.5, 0.6) is 0 Å². The van der Waals surface area contributed by atoms with Crippen LogP contribution in [0.15, 0.2) is 0 Å². The SMILES string of the molecule is COC(=O)C[C@@](C)(O)C(C)(C)C. The summed E-state index contributed by atoms with van der Waals surface area (Å²) in [5, 5.41) is 9.85. The van der Waals surface area contributed by atoms with E-state index in [1.165, 1.54) is 7.11 Å². The molecule has 0 saturated carbocycles. The van der Waals surface area contributed by atoms with Gasteiger partial charge in [-0.3, -0.25) is 4.79 Å². The van der Waals surface area contributed by atoms with Crippen LogP contribution in [-0.4, -0.2) is 23.8 Å². The molecule has 0 aliphatic carbocycles. The van der Waals surface area contributed by atoms with Gasteiger partial charge in [-0.25, -0.2) is 0 Å². The Morgan fingerprint density at radius 3 is 2.00 bits per heavy atom. The average Bonchev–Trinajstić information content (AvgIpc) is 1.84. The zero-order chi connectivity index (χ0) is 9.99. The summed E-state index contributed by atoms with van der Waals surface area (Å²) in [5.41, 5.74) is -1.33. The number of rotatable bonds is 2. The van der Waals surface area contributed by atoms with Crippen LogP contribution in [0.2, 0.25) is 0 Å². The molecule has 0 aromatic rings. The monoisotopic (exact) mass is 174 g/mol. The van der Waals surface area contributed by atoms with Gasteiger partial charge >= 0.3 is 5.97 Å². The molecule has 0 aromatic heterocycles. The first-order valence-corrected chi connectivity index (χ1v) is 4.00. The van der Waals surface area contributed by atoms with Crippen molar-refractivity contribution in [2.24, 2.45) is 5.41 Å². The van der Waals surface area contributed by atoms with Crippen LogP contribution < -0.4 is 0 Å². The molecule has 0 fully saturated rings. The summed E-state index contributed by atoms with van der Waals surface area (Å²) >= 11 is 0. The van der Waals surface area contributed by atoms with Gasteiger partial charge in [0.1, 0.15) is 0 Å². The Morgan fingerprint density at radius 2 is 1.75 bits per heavy atom. The molecule has 0 saturated heterocycles. The largest absolute Gasteiger partial charge is 0.469 e. The van der Waals surface area contributed by atoms with Gasteiger partial charge in [0.25, 0.3) is 0 Å². The zero-order valence-corrected chi connectivity index (χ0v) is 8.47. The van der Waals surface area contributed by atoms with Crippen molar-refractivity contribution < 1.29 is 14.6 Å². The highest BCUT2D eigenvalue weighted by Crippen LogP contribution is 2.32.